The summed E-state index contributed by atoms with van der Waals surface area (Å²) in [5.41, 5.74) is 0.119. The minimum absolute atomic E-state index is 0.134. The van der Waals surface area contributed by atoms with Crippen LogP contribution in [-0.2, 0) is 13.2 Å². The first kappa shape index (κ1) is 16.8. The number of rotatable bonds is 3. The molecule has 0 fully saturated rings. The fraction of sp³-hybridized carbons (Fsp3) is 0.176. The first-order valence-corrected chi connectivity index (χ1v) is 7.27. The number of fused-ring (bicyclic) bond motifs is 1. The lowest BCUT2D eigenvalue weighted by Crippen LogP contribution is -2.12. The highest BCUT2D eigenvalue weighted by molar-refractivity contribution is 6.13. The molecule has 1 amide bonds. The van der Waals surface area contributed by atoms with Crippen molar-refractivity contribution in [2.24, 2.45) is 7.05 Å². The fourth-order valence-corrected chi connectivity index (χ4v) is 2.62. The largest absolute Gasteiger partial charge is 0.496 e. The van der Waals surface area contributed by atoms with Crippen LogP contribution in [0.15, 0.2) is 42.9 Å². The molecule has 2 heterocycles. The monoisotopic (exact) mass is 349 g/mol. The lowest BCUT2D eigenvalue weighted by molar-refractivity contribution is -0.138. The number of hydrogen-bond donors (Lipinski definition) is 1. The summed E-state index contributed by atoms with van der Waals surface area (Å²) in [4.78, 5) is 16.4. The molecule has 0 bridgehead atoms. The van der Waals surface area contributed by atoms with Crippen LogP contribution in [0.5, 0.6) is 5.75 Å². The zero-order chi connectivity index (χ0) is 18.2. The molecule has 0 atom stereocenters. The topological polar surface area (TPSA) is 56.1 Å². The molecule has 1 aromatic carbocycles. The van der Waals surface area contributed by atoms with Crippen molar-refractivity contribution in [2.45, 2.75) is 6.18 Å². The lowest BCUT2D eigenvalue weighted by atomic mass is 10.1. The summed E-state index contributed by atoms with van der Waals surface area (Å²) >= 11 is 0. The van der Waals surface area contributed by atoms with Crippen molar-refractivity contribution in [2.75, 3.05) is 12.4 Å². The zero-order valence-corrected chi connectivity index (χ0v) is 13.4. The molecule has 8 heteroatoms. The van der Waals surface area contributed by atoms with Gasteiger partial charge >= 0.3 is 6.18 Å². The van der Waals surface area contributed by atoms with Gasteiger partial charge in [-0.1, -0.05) is 0 Å². The molecule has 0 spiro atoms. The number of alkyl halides is 3. The highest BCUT2D eigenvalue weighted by Crippen LogP contribution is 2.39. The van der Waals surface area contributed by atoms with E-state index in [4.69, 9.17) is 4.74 Å². The van der Waals surface area contributed by atoms with Gasteiger partial charge in [-0.3, -0.25) is 9.78 Å². The number of benzene rings is 1. The van der Waals surface area contributed by atoms with Crippen LogP contribution in [0.4, 0.5) is 18.9 Å². The summed E-state index contributed by atoms with van der Waals surface area (Å²) in [6.07, 6.45) is -0.106. The van der Waals surface area contributed by atoms with Gasteiger partial charge in [-0.25, -0.2) is 0 Å². The molecule has 3 rings (SSSR count). The molecule has 2 aromatic heterocycles. The van der Waals surface area contributed by atoms with E-state index in [9.17, 15) is 18.0 Å². The number of aromatic nitrogens is 2. The lowest BCUT2D eigenvalue weighted by Gasteiger charge is -2.13. The second-order valence-electron chi connectivity index (χ2n) is 5.42. The number of carbonyl (C=O) groups is 1. The number of halogens is 3. The fourth-order valence-electron chi connectivity index (χ4n) is 2.62. The van der Waals surface area contributed by atoms with Crippen molar-refractivity contribution >= 4 is 22.5 Å². The van der Waals surface area contributed by atoms with Crippen LogP contribution in [0.3, 0.4) is 0 Å². The Labute approximate surface area is 141 Å². The van der Waals surface area contributed by atoms with Gasteiger partial charge < -0.3 is 14.6 Å². The van der Waals surface area contributed by atoms with Crippen molar-refractivity contribution in [3.05, 3.63) is 54.0 Å². The number of pyridine rings is 1. The molecular weight excluding hydrogens is 335 g/mol. The van der Waals surface area contributed by atoms with Crippen molar-refractivity contribution in [1.82, 2.24) is 9.55 Å². The van der Waals surface area contributed by atoms with Crippen molar-refractivity contribution in [3.8, 4) is 5.75 Å². The van der Waals surface area contributed by atoms with E-state index in [-0.39, 0.29) is 16.7 Å². The number of ether oxygens (including phenoxy) is 1. The maximum Gasteiger partial charge on any atom is 0.419 e. The normalized spacial score (nSPS) is 11.6. The van der Waals surface area contributed by atoms with E-state index in [0.717, 1.165) is 6.07 Å². The van der Waals surface area contributed by atoms with E-state index < -0.39 is 17.6 Å². The molecule has 0 radical (unpaired) electrons. The Morgan fingerprint density at radius 2 is 2.08 bits per heavy atom. The summed E-state index contributed by atoms with van der Waals surface area (Å²) in [5.74, 6) is -0.808. The number of methoxy groups -OCH3 is 1. The average Bonchev–Trinajstić information content (AvgIpc) is 2.90. The average molecular weight is 349 g/mol. The van der Waals surface area contributed by atoms with E-state index in [2.05, 4.69) is 10.3 Å². The molecular formula is C17H14F3N3O2. The standard InChI is InChI=1S/C17H14F3N3O2/c1-23-9-12(16(24)22-10-4-3-5-21-8-10)11-6-13(17(18,19)20)15(25-2)7-14(11)23/h3-9H,1-2H3,(H,22,24). The molecule has 3 aromatic rings. The summed E-state index contributed by atoms with van der Waals surface area (Å²) < 4.78 is 46.2. The van der Waals surface area contributed by atoms with Gasteiger partial charge in [-0.05, 0) is 18.2 Å². The van der Waals surface area contributed by atoms with Gasteiger partial charge in [0.25, 0.3) is 5.91 Å². The van der Waals surface area contributed by atoms with Gasteiger partial charge in [-0.2, -0.15) is 13.2 Å². The van der Waals surface area contributed by atoms with Crippen molar-refractivity contribution < 1.29 is 22.7 Å². The van der Waals surface area contributed by atoms with Crippen molar-refractivity contribution in [3.63, 3.8) is 0 Å². The van der Waals surface area contributed by atoms with E-state index in [0.29, 0.717) is 11.2 Å². The van der Waals surface area contributed by atoms with Crippen LogP contribution >= 0.6 is 0 Å². The highest BCUT2D eigenvalue weighted by atomic mass is 19.4. The van der Waals surface area contributed by atoms with E-state index in [1.165, 1.54) is 25.6 Å². The second-order valence-corrected chi connectivity index (χ2v) is 5.42. The van der Waals surface area contributed by atoms with Crippen LogP contribution in [-0.4, -0.2) is 22.6 Å². The first-order chi connectivity index (χ1) is 11.8. The number of carbonyl (C=O) groups excluding carboxylic acids is 1. The van der Waals surface area contributed by atoms with Gasteiger partial charge in [0.05, 0.1) is 35.6 Å². The molecule has 0 aliphatic carbocycles. The third kappa shape index (κ3) is 3.15. The second kappa shape index (κ2) is 6.12. The molecule has 0 saturated heterocycles. The maximum atomic E-state index is 13.3. The number of anilines is 1. The summed E-state index contributed by atoms with van der Waals surface area (Å²) in [6, 6.07) is 5.50. The van der Waals surface area contributed by atoms with Gasteiger partial charge in [0.2, 0.25) is 0 Å². The van der Waals surface area contributed by atoms with Crippen LogP contribution in [0.1, 0.15) is 15.9 Å². The Kier molecular flexibility index (Phi) is 4.12. The Balaban J connectivity index is 2.11. The van der Waals surface area contributed by atoms with Gasteiger partial charge in [-0.15, -0.1) is 0 Å². The van der Waals surface area contributed by atoms with Gasteiger partial charge in [0.15, 0.2) is 0 Å². The molecule has 0 aliphatic rings. The summed E-state index contributed by atoms with van der Waals surface area (Å²) in [7, 11) is 2.82. The van der Waals surface area contributed by atoms with Gasteiger partial charge in [0.1, 0.15) is 5.75 Å². The zero-order valence-electron chi connectivity index (χ0n) is 13.4. The molecule has 130 valence electrons. The van der Waals surface area contributed by atoms with Crippen LogP contribution in [0.2, 0.25) is 0 Å². The molecule has 0 aliphatic heterocycles. The summed E-state index contributed by atoms with van der Waals surface area (Å²) in [5, 5.41) is 2.81. The molecule has 25 heavy (non-hydrogen) atoms. The third-order valence-corrected chi connectivity index (χ3v) is 3.78. The smallest absolute Gasteiger partial charge is 0.419 e. The van der Waals surface area contributed by atoms with Crippen LogP contribution in [0.25, 0.3) is 10.9 Å². The van der Waals surface area contributed by atoms with E-state index >= 15 is 0 Å². The van der Waals surface area contributed by atoms with E-state index in [1.807, 2.05) is 0 Å². The Hall–Kier alpha value is -3.03. The highest BCUT2D eigenvalue weighted by Gasteiger charge is 2.35. The minimum atomic E-state index is -4.59. The predicted octanol–water partition coefficient (Wildman–Crippen LogP) is 3.85. The number of hydrogen-bond acceptors (Lipinski definition) is 3. The first-order valence-electron chi connectivity index (χ1n) is 7.27. The predicted molar refractivity (Wildman–Crippen MR) is 86.7 cm³/mol. The van der Waals surface area contributed by atoms with Crippen LogP contribution < -0.4 is 10.1 Å². The third-order valence-electron chi connectivity index (χ3n) is 3.78. The molecule has 0 unspecified atom stereocenters. The molecule has 1 N–H and O–H groups in total. The SMILES string of the molecule is COc1cc2c(cc1C(F)(F)F)c(C(=O)Nc1cccnc1)cn2C. The Morgan fingerprint density at radius 1 is 1.32 bits per heavy atom. The Bertz CT molecular complexity index is 934. The quantitative estimate of drug-likeness (QED) is 0.781. The van der Waals surface area contributed by atoms with E-state index in [1.54, 1.807) is 29.9 Å². The molecule has 5 nitrogen and oxygen atoms in total. The van der Waals surface area contributed by atoms with Gasteiger partial charge in [0, 0.05) is 30.9 Å². The van der Waals surface area contributed by atoms with Crippen LogP contribution in [0, 0.1) is 0 Å². The number of nitrogens with zero attached hydrogens (tertiary/aromatic N) is 2. The number of nitrogens with one attached hydrogen (secondary N) is 1. The summed E-state index contributed by atoms with van der Waals surface area (Å²) in [6.45, 7) is 0. The molecule has 0 saturated carbocycles. The maximum absolute atomic E-state index is 13.3. The van der Waals surface area contributed by atoms with Crippen molar-refractivity contribution in [1.29, 1.82) is 0 Å². The number of amides is 1. The number of aryl methyl sites for hydroxylation is 1. The Morgan fingerprint density at radius 3 is 2.68 bits per heavy atom. The minimum Gasteiger partial charge on any atom is -0.496 e.